The number of aldehydes is 1. The van der Waals surface area contributed by atoms with Crippen molar-refractivity contribution in [3.8, 4) is 17.0 Å². The first kappa shape index (κ1) is 16.7. The van der Waals surface area contributed by atoms with E-state index in [4.69, 9.17) is 4.74 Å². The van der Waals surface area contributed by atoms with Crippen molar-refractivity contribution in [1.29, 1.82) is 0 Å². The zero-order chi connectivity index (χ0) is 18.4. The zero-order valence-electron chi connectivity index (χ0n) is 15.1. The third kappa shape index (κ3) is 2.40. The second-order valence-electron chi connectivity index (χ2n) is 6.63. The van der Waals surface area contributed by atoms with Crippen molar-refractivity contribution in [1.82, 2.24) is 14.6 Å². The van der Waals surface area contributed by atoms with Crippen LogP contribution < -0.4 is 4.74 Å². The fourth-order valence-electron chi connectivity index (χ4n) is 3.83. The Morgan fingerprint density at radius 3 is 2.88 bits per heavy atom. The highest BCUT2D eigenvalue weighted by Gasteiger charge is 2.24. The van der Waals surface area contributed by atoms with Gasteiger partial charge in [-0.3, -0.25) is 4.79 Å². The van der Waals surface area contributed by atoms with E-state index in [1.54, 1.807) is 10.6 Å². The van der Waals surface area contributed by atoms with Gasteiger partial charge in [0, 0.05) is 22.9 Å². The molecule has 1 aromatic carbocycles. The minimum Gasteiger partial charge on any atom is -0.490 e. The van der Waals surface area contributed by atoms with Gasteiger partial charge in [0.25, 0.3) is 0 Å². The molecule has 1 aliphatic rings. The number of hydrogen-bond acceptors (Lipinski definition) is 4. The van der Waals surface area contributed by atoms with Gasteiger partial charge in [-0.2, -0.15) is 5.10 Å². The molecule has 0 atom stereocenters. The molecule has 6 heteroatoms. The van der Waals surface area contributed by atoms with E-state index < -0.39 is 0 Å². The molecule has 3 aromatic rings. The Hall–Kier alpha value is -2.76. The summed E-state index contributed by atoms with van der Waals surface area (Å²) >= 11 is 0. The average molecular weight is 353 g/mol. The van der Waals surface area contributed by atoms with E-state index in [9.17, 15) is 9.18 Å². The Bertz CT molecular complexity index is 1040. The van der Waals surface area contributed by atoms with E-state index in [0.717, 1.165) is 52.9 Å². The first-order valence-electron chi connectivity index (χ1n) is 8.84. The van der Waals surface area contributed by atoms with E-state index in [1.807, 2.05) is 20.8 Å². The van der Waals surface area contributed by atoms with Gasteiger partial charge < -0.3 is 4.74 Å². The lowest BCUT2D eigenvalue weighted by Crippen LogP contribution is -2.13. The van der Waals surface area contributed by atoms with Gasteiger partial charge in [-0.05, 0) is 50.3 Å². The van der Waals surface area contributed by atoms with Gasteiger partial charge in [0.1, 0.15) is 5.69 Å². The molecule has 0 bridgehead atoms. The van der Waals surface area contributed by atoms with Crippen LogP contribution in [0.5, 0.6) is 5.75 Å². The van der Waals surface area contributed by atoms with Crippen LogP contribution in [0, 0.1) is 19.7 Å². The predicted molar refractivity (Wildman–Crippen MR) is 96.4 cm³/mol. The second-order valence-corrected chi connectivity index (χ2v) is 6.63. The maximum absolute atomic E-state index is 14.8. The number of rotatable bonds is 3. The molecule has 134 valence electrons. The number of halogens is 1. The molecule has 0 saturated heterocycles. The number of carbonyl (C=O) groups is 1. The summed E-state index contributed by atoms with van der Waals surface area (Å²) in [5.41, 5.74) is 6.24. The largest absolute Gasteiger partial charge is 0.490 e. The summed E-state index contributed by atoms with van der Waals surface area (Å²) in [5.74, 6) is 0.0133. The van der Waals surface area contributed by atoms with Gasteiger partial charge in [0.05, 0.1) is 12.3 Å². The standard InChI is InChI=1S/C20H20FN3O2/c1-4-14-12(3)22-18-8-13(10-25)23-24(18)19(14)16-9-17(21)20-15(11(16)2)6-5-7-26-20/h8-10H,4-7H2,1-3H3. The van der Waals surface area contributed by atoms with Gasteiger partial charge in [0.15, 0.2) is 23.5 Å². The molecule has 26 heavy (non-hydrogen) atoms. The van der Waals surface area contributed by atoms with Gasteiger partial charge in [-0.25, -0.2) is 13.9 Å². The molecule has 0 spiro atoms. The first-order chi connectivity index (χ1) is 12.5. The third-order valence-electron chi connectivity index (χ3n) is 5.09. The lowest BCUT2D eigenvalue weighted by Gasteiger charge is -2.23. The van der Waals surface area contributed by atoms with Crippen LogP contribution in [0.3, 0.4) is 0 Å². The topological polar surface area (TPSA) is 56.5 Å². The highest BCUT2D eigenvalue weighted by atomic mass is 19.1. The molecule has 3 heterocycles. The van der Waals surface area contributed by atoms with Crippen molar-refractivity contribution in [2.75, 3.05) is 6.61 Å². The van der Waals surface area contributed by atoms with Gasteiger partial charge >= 0.3 is 0 Å². The Morgan fingerprint density at radius 2 is 2.15 bits per heavy atom. The lowest BCUT2D eigenvalue weighted by atomic mass is 9.92. The number of hydrogen-bond donors (Lipinski definition) is 0. The molecule has 0 radical (unpaired) electrons. The Morgan fingerprint density at radius 1 is 1.35 bits per heavy atom. The predicted octanol–water partition coefficient (Wildman–Crippen LogP) is 3.85. The summed E-state index contributed by atoms with van der Waals surface area (Å²) in [4.78, 5) is 15.8. The maximum Gasteiger partial charge on any atom is 0.170 e. The van der Waals surface area contributed by atoms with Crippen LogP contribution in [0.1, 0.15) is 46.2 Å². The summed E-state index contributed by atoms with van der Waals surface area (Å²) in [6.45, 7) is 6.51. The Kier molecular flexibility index (Phi) is 3.98. The summed E-state index contributed by atoms with van der Waals surface area (Å²) < 4.78 is 22.0. The second kappa shape index (κ2) is 6.20. The third-order valence-corrected chi connectivity index (χ3v) is 5.09. The van der Waals surface area contributed by atoms with E-state index in [1.165, 1.54) is 6.07 Å². The minimum atomic E-state index is -0.354. The van der Waals surface area contributed by atoms with E-state index >= 15 is 0 Å². The van der Waals surface area contributed by atoms with Crippen molar-refractivity contribution in [2.45, 2.75) is 40.0 Å². The van der Waals surface area contributed by atoms with Crippen LogP contribution >= 0.6 is 0 Å². The fraction of sp³-hybridized carbons (Fsp3) is 0.350. The SMILES string of the molecule is CCc1c(C)nc2cc(C=O)nn2c1-c1cc(F)c2c(c1C)CCCO2. The molecule has 5 nitrogen and oxygen atoms in total. The number of fused-ring (bicyclic) bond motifs is 2. The molecule has 0 saturated carbocycles. The number of aryl methyl sites for hydroxylation is 1. The molecule has 0 aliphatic carbocycles. The van der Waals surface area contributed by atoms with Crippen LogP contribution in [0.4, 0.5) is 4.39 Å². The summed E-state index contributed by atoms with van der Waals surface area (Å²) in [6, 6.07) is 3.17. The van der Waals surface area contributed by atoms with E-state index in [2.05, 4.69) is 10.1 Å². The Balaban J connectivity index is 2.10. The number of carbonyl (C=O) groups excluding carboxylic acids is 1. The monoisotopic (exact) mass is 353 g/mol. The van der Waals surface area contributed by atoms with Crippen molar-refractivity contribution >= 4 is 11.9 Å². The van der Waals surface area contributed by atoms with E-state index in [-0.39, 0.29) is 5.82 Å². The van der Waals surface area contributed by atoms with Crippen LogP contribution in [0.25, 0.3) is 16.9 Å². The number of aromatic nitrogens is 3. The summed E-state index contributed by atoms with van der Waals surface area (Å²) in [6.07, 6.45) is 3.10. The molecule has 0 fully saturated rings. The molecule has 0 N–H and O–H groups in total. The minimum absolute atomic E-state index is 0.311. The highest BCUT2D eigenvalue weighted by Crippen LogP contribution is 2.38. The van der Waals surface area contributed by atoms with Crippen molar-refractivity contribution < 1.29 is 13.9 Å². The zero-order valence-corrected chi connectivity index (χ0v) is 15.1. The molecular formula is C20H20FN3O2. The van der Waals surface area contributed by atoms with Gasteiger partial charge in [0.2, 0.25) is 0 Å². The molecular weight excluding hydrogens is 333 g/mol. The first-order valence-corrected chi connectivity index (χ1v) is 8.84. The van der Waals surface area contributed by atoms with Crippen LogP contribution in [0.15, 0.2) is 12.1 Å². The average Bonchev–Trinajstić information content (AvgIpc) is 3.06. The Labute approximate surface area is 150 Å². The van der Waals surface area contributed by atoms with Crippen LogP contribution in [-0.4, -0.2) is 27.5 Å². The van der Waals surface area contributed by atoms with Crippen LogP contribution in [-0.2, 0) is 12.8 Å². The fourth-order valence-corrected chi connectivity index (χ4v) is 3.83. The van der Waals surface area contributed by atoms with Crippen molar-refractivity contribution in [2.24, 2.45) is 0 Å². The number of ether oxygens (including phenoxy) is 1. The molecule has 4 rings (SSSR count). The normalized spacial score (nSPS) is 13.5. The van der Waals surface area contributed by atoms with Crippen molar-refractivity contribution in [3.05, 3.63) is 46.0 Å². The van der Waals surface area contributed by atoms with Gasteiger partial charge in [-0.15, -0.1) is 0 Å². The van der Waals surface area contributed by atoms with Crippen molar-refractivity contribution in [3.63, 3.8) is 0 Å². The van der Waals surface area contributed by atoms with Gasteiger partial charge in [-0.1, -0.05) is 6.92 Å². The molecule has 1 aliphatic heterocycles. The number of nitrogens with zero attached hydrogens (tertiary/aromatic N) is 3. The highest BCUT2D eigenvalue weighted by molar-refractivity contribution is 5.77. The smallest absolute Gasteiger partial charge is 0.170 e. The lowest BCUT2D eigenvalue weighted by molar-refractivity contribution is 0.111. The molecule has 0 unspecified atom stereocenters. The summed E-state index contributed by atoms with van der Waals surface area (Å²) in [5, 5.41) is 4.37. The summed E-state index contributed by atoms with van der Waals surface area (Å²) in [7, 11) is 0. The maximum atomic E-state index is 14.8. The van der Waals surface area contributed by atoms with Crippen LogP contribution in [0.2, 0.25) is 0 Å². The molecule has 0 amide bonds. The molecule has 2 aromatic heterocycles. The quantitative estimate of drug-likeness (QED) is 0.671. The van der Waals surface area contributed by atoms with E-state index in [0.29, 0.717) is 30.0 Å². The number of benzene rings is 1.